The Hall–Kier alpha value is -1.37. The first-order valence-corrected chi connectivity index (χ1v) is 27.7. The van der Waals surface area contributed by atoms with Gasteiger partial charge in [0.25, 0.3) is 0 Å². The van der Waals surface area contributed by atoms with Gasteiger partial charge < -0.3 is 45.4 Å². The van der Waals surface area contributed by atoms with Gasteiger partial charge in [-0.15, -0.1) is 0 Å². The molecule has 1 aliphatic rings. The molecule has 0 aromatic heterocycles. The molecule has 1 saturated heterocycles. The summed E-state index contributed by atoms with van der Waals surface area (Å²) in [5, 5.41) is 64.8. The number of hydrogen-bond donors (Lipinski definition) is 7. The van der Waals surface area contributed by atoms with E-state index in [1.807, 2.05) is 6.08 Å². The van der Waals surface area contributed by atoms with Gasteiger partial charge in [-0.1, -0.05) is 237 Å². The highest BCUT2D eigenvalue weighted by molar-refractivity contribution is 5.80. The molecule has 7 N–H and O–H groups in total. The summed E-state index contributed by atoms with van der Waals surface area (Å²) in [6.07, 6.45) is 45.7. The van der Waals surface area contributed by atoms with Crippen LogP contribution in [0.4, 0.5) is 0 Å². The fraction of sp³-hybridized carbons (Fsp3) is 0.909. The van der Waals surface area contributed by atoms with Crippen LogP contribution < -0.4 is 5.32 Å². The lowest BCUT2D eigenvalue weighted by Gasteiger charge is -2.40. The Morgan fingerprint density at radius 2 is 0.892 bits per heavy atom. The number of amides is 1. The maximum atomic E-state index is 13.1. The van der Waals surface area contributed by atoms with Crippen molar-refractivity contribution in [2.24, 2.45) is 0 Å². The molecular weight excluding hydrogens is 819 g/mol. The van der Waals surface area contributed by atoms with Gasteiger partial charge in [-0.05, 0) is 44.9 Å². The van der Waals surface area contributed by atoms with Crippen LogP contribution in [0.5, 0.6) is 0 Å². The molecule has 8 atom stereocenters. The minimum absolute atomic E-state index is 0.303. The summed E-state index contributed by atoms with van der Waals surface area (Å²) in [7, 11) is 0. The molecule has 0 aliphatic carbocycles. The molecule has 1 rings (SSSR count). The van der Waals surface area contributed by atoms with Gasteiger partial charge in [0.2, 0.25) is 5.91 Å². The number of aliphatic hydroxyl groups excluding tert-OH is 6. The summed E-state index contributed by atoms with van der Waals surface area (Å²) in [4.78, 5) is 13.1. The van der Waals surface area contributed by atoms with Crippen LogP contribution in [0, 0.1) is 0 Å². The number of hydrogen-bond acceptors (Lipinski definition) is 9. The molecule has 384 valence electrons. The van der Waals surface area contributed by atoms with E-state index in [9.17, 15) is 35.4 Å². The molecule has 0 aromatic carbocycles. The number of carbonyl (C=O) groups is 1. The predicted octanol–water partition coefficient (Wildman–Crippen LogP) is 12.0. The lowest BCUT2D eigenvalue weighted by molar-refractivity contribution is -0.302. The van der Waals surface area contributed by atoms with E-state index in [1.54, 1.807) is 6.08 Å². The molecule has 0 aromatic rings. The molecule has 0 unspecified atom stereocenters. The normalized spacial score (nSPS) is 20.5. The second-order valence-corrected chi connectivity index (χ2v) is 19.5. The third kappa shape index (κ3) is 34.6. The van der Waals surface area contributed by atoms with E-state index >= 15 is 0 Å². The molecule has 1 fully saturated rings. The molecule has 0 bridgehead atoms. The van der Waals surface area contributed by atoms with Crippen LogP contribution in [-0.2, 0) is 14.3 Å². The zero-order valence-electron chi connectivity index (χ0n) is 42.1. The van der Waals surface area contributed by atoms with Crippen molar-refractivity contribution < 1.29 is 44.9 Å². The van der Waals surface area contributed by atoms with Crippen LogP contribution in [0.2, 0.25) is 0 Å². The summed E-state index contributed by atoms with van der Waals surface area (Å²) in [6, 6.07) is -0.976. The number of aliphatic hydroxyl groups is 6. The SMILES string of the molecule is CCCCCCCC/C=C\CCCCCCCCCCCCCCCCCCCC[C@@H](O)C(=O)N[C@@H](CO[C@@H]1O[C@H](CO)[C@H](O)[C@H](O)[C@H]1O)[C@H](O)/C=C/CCCCCCCCCCCC. The number of unbranched alkanes of at least 4 members (excludes halogenated alkanes) is 34. The monoisotopic (exact) mass is 924 g/mol. The van der Waals surface area contributed by atoms with Crippen molar-refractivity contribution in [3.8, 4) is 0 Å². The Kier molecular flexibility index (Phi) is 42.8. The molecule has 10 nitrogen and oxygen atoms in total. The second-order valence-electron chi connectivity index (χ2n) is 19.5. The van der Waals surface area contributed by atoms with Crippen molar-refractivity contribution in [3.63, 3.8) is 0 Å². The second kappa shape index (κ2) is 45.1. The smallest absolute Gasteiger partial charge is 0.249 e. The van der Waals surface area contributed by atoms with Crippen LogP contribution in [0.3, 0.4) is 0 Å². The van der Waals surface area contributed by atoms with Gasteiger partial charge in [-0.25, -0.2) is 0 Å². The summed E-state index contributed by atoms with van der Waals surface area (Å²) in [5.41, 5.74) is 0. The zero-order valence-corrected chi connectivity index (χ0v) is 42.1. The van der Waals surface area contributed by atoms with E-state index in [0.29, 0.717) is 6.42 Å². The number of allylic oxidation sites excluding steroid dienone is 3. The molecule has 0 radical (unpaired) electrons. The van der Waals surface area contributed by atoms with Crippen LogP contribution >= 0.6 is 0 Å². The minimum atomic E-state index is -1.61. The predicted molar refractivity (Wildman–Crippen MR) is 269 cm³/mol. The highest BCUT2D eigenvalue weighted by Crippen LogP contribution is 2.23. The van der Waals surface area contributed by atoms with Crippen molar-refractivity contribution >= 4 is 5.91 Å². The Balaban J connectivity index is 2.19. The topological polar surface area (TPSA) is 169 Å². The van der Waals surface area contributed by atoms with E-state index < -0.39 is 61.5 Å². The van der Waals surface area contributed by atoms with E-state index in [1.165, 1.54) is 193 Å². The summed E-state index contributed by atoms with van der Waals surface area (Å²) in [5.74, 6) is -0.613. The van der Waals surface area contributed by atoms with Crippen LogP contribution in [0.25, 0.3) is 0 Å². The quantitative estimate of drug-likeness (QED) is 0.0232. The minimum Gasteiger partial charge on any atom is -0.394 e. The molecule has 0 saturated carbocycles. The first-order chi connectivity index (χ1) is 31.8. The standard InChI is InChI=1S/C55H105NO9/c1-3-5-7-9-11-13-15-17-18-19-20-21-22-23-24-25-26-27-28-29-30-31-32-34-36-38-40-42-44-49(59)54(63)56-47(46-64-55-53(62)52(61)51(60)50(45-57)65-55)48(58)43-41-39-37-35-33-16-14-12-10-8-6-4-2/h17-18,41,43,47-53,55,57-62H,3-16,19-40,42,44-46H2,1-2H3,(H,56,63)/b18-17-,43-41+/t47-,48+,49+,50+,51-,52-,53+,55+/m0/s1. The van der Waals surface area contributed by atoms with Gasteiger partial charge in [0.05, 0.1) is 25.4 Å². The number of ether oxygens (including phenoxy) is 2. The van der Waals surface area contributed by atoms with Gasteiger partial charge in [-0.2, -0.15) is 0 Å². The highest BCUT2D eigenvalue weighted by Gasteiger charge is 2.44. The van der Waals surface area contributed by atoms with Crippen molar-refractivity contribution in [3.05, 3.63) is 24.3 Å². The molecule has 65 heavy (non-hydrogen) atoms. The summed E-state index contributed by atoms with van der Waals surface area (Å²) in [6.45, 7) is 3.61. The average Bonchev–Trinajstić information content (AvgIpc) is 3.31. The van der Waals surface area contributed by atoms with Crippen molar-refractivity contribution in [1.82, 2.24) is 5.32 Å². The fourth-order valence-corrected chi connectivity index (χ4v) is 8.87. The zero-order chi connectivity index (χ0) is 47.4. The Bertz CT molecular complexity index is 1090. The lowest BCUT2D eigenvalue weighted by Crippen LogP contribution is -2.60. The molecule has 10 heteroatoms. The van der Waals surface area contributed by atoms with Crippen molar-refractivity contribution in [1.29, 1.82) is 0 Å². The van der Waals surface area contributed by atoms with Gasteiger partial charge in [-0.3, -0.25) is 4.79 Å². The number of carbonyl (C=O) groups excluding carboxylic acids is 1. The summed E-state index contributed by atoms with van der Waals surface area (Å²) < 4.78 is 11.2. The van der Waals surface area contributed by atoms with E-state index in [2.05, 4.69) is 31.3 Å². The van der Waals surface area contributed by atoms with Gasteiger partial charge >= 0.3 is 0 Å². The average molecular weight is 924 g/mol. The lowest BCUT2D eigenvalue weighted by atomic mass is 9.99. The molecule has 1 amide bonds. The van der Waals surface area contributed by atoms with Gasteiger partial charge in [0.15, 0.2) is 6.29 Å². The first kappa shape index (κ1) is 61.6. The molecule has 1 heterocycles. The maximum absolute atomic E-state index is 13.1. The van der Waals surface area contributed by atoms with E-state index in [4.69, 9.17) is 9.47 Å². The maximum Gasteiger partial charge on any atom is 0.249 e. The van der Waals surface area contributed by atoms with Crippen molar-refractivity contribution in [2.45, 2.75) is 307 Å². The van der Waals surface area contributed by atoms with Crippen molar-refractivity contribution in [2.75, 3.05) is 13.2 Å². The highest BCUT2D eigenvalue weighted by atomic mass is 16.7. The largest absolute Gasteiger partial charge is 0.394 e. The number of rotatable bonds is 47. The van der Waals surface area contributed by atoms with Gasteiger partial charge in [0, 0.05) is 0 Å². The van der Waals surface area contributed by atoms with Crippen LogP contribution in [-0.4, -0.2) is 98.7 Å². The Morgan fingerprint density at radius 1 is 0.523 bits per heavy atom. The fourth-order valence-electron chi connectivity index (χ4n) is 8.87. The summed E-state index contributed by atoms with van der Waals surface area (Å²) >= 11 is 0. The van der Waals surface area contributed by atoms with Gasteiger partial charge in [0.1, 0.15) is 30.5 Å². The van der Waals surface area contributed by atoms with E-state index in [-0.39, 0.29) is 6.61 Å². The third-order valence-corrected chi connectivity index (χ3v) is 13.4. The molecular formula is C55H105NO9. The Labute approximate surface area is 399 Å². The molecule has 1 aliphatic heterocycles. The Morgan fingerprint density at radius 3 is 1.29 bits per heavy atom. The van der Waals surface area contributed by atoms with E-state index in [0.717, 1.165) is 44.9 Å². The molecule has 0 spiro atoms. The third-order valence-electron chi connectivity index (χ3n) is 13.4. The first-order valence-electron chi connectivity index (χ1n) is 27.7. The van der Waals surface area contributed by atoms with Crippen LogP contribution in [0.1, 0.15) is 258 Å². The van der Waals surface area contributed by atoms with Crippen LogP contribution in [0.15, 0.2) is 24.3 Å². The number of nitrogens with one attached hydrogen (secondary N) is 1.